The molecule has 1 atom stereocenters. The Balaban J connectivity index is 1.92. The zero-order chi connectivity index (χ0) is 13.2. The maximum absolute atomic E-state index is 12.1. The maximum Gasteiger partial charge on any atom is 0.410 e. The van der Waals surface area contributed by atoms with Gasteiger partial charge in [0.15, 0.2) is 0 Å². The number of amides is 1. The molecule has 1 saturated heterocycles. The van der Waals surface area contributed by atoms with Crippen LogP contribution in [-0.4, -0.2) is 28.6 Å². The van der Waals surface area contributed by atoms with Gasteiger partial charge in [-0.1, -0.05) is 20.8 Å². The fourth-order valence-electron chi connectivity index (χ4n) is 2.42. The summed E-state index contributed by atoms with van der Waals surface area (Å²) in [5, 5.41) is 2.73. The molecule has 1 aromatic heterocycles. The SMILES string of the molecule is CC(C)(C)C1CCCN1C(=O)OCc1nccs1. The number of carbonyl (C=O) groups is 1. The van der Waals surface area contributed by atoms with Crippen LogP contribution in [0, 0.1) is 5.41 Å². The van der Waals surface area contributed by atoms with Gasteiger partial charge in [-0.15, -0.1) is 11.3 Å². The molecule has 1 aliphatic heterocycles. The van der Waals surface area contributed by atoms with E-state index in [0.29, 0.717) is 0 Å². The molecule has 2 rings (SSSR count). The fraction of sp³-hybridized carbons (Fsp3) is 0.692. The zero-order valence-electron chi connectivity index (χ0n) is 11.2. The minimum absolute atomic E-state index is 0.108. The average Bonchev–Trinajstić information content (AvgIpc) is 2.95. The van der Waals surface area contributed by atoms with Gasteiger partial charge in [0.05, 0.1) is 0 Å². The molecule has 0 spiro atoms. The molecule has 4 nitrogen and oxygen atoms in total. The van der Waals surface area contributed by atoms with Gasteiger partial charge in [-0.3, -0.25) is 0 Å². The van der Waals surface area contributed by atoms with E-state index in [9.17, 15) is 4.79 Å². The lowest BCUT2D eigenvalue weighted by Gasteiger charge is -2.34. The van der Waals surface area contributed by atoms with Gasteiger partial charge < -0.3 is 9.64 Å². The first-order valence-electron chi connectivity index (χ1n) is 6.30. The van der Waals surface area contributed by atoms with Crippen molar-refractivity contribution in [1.29, 1.82) is 0 Å². The number of nitrogens with zero attached hydrogens (tertiary/aromatic N) is 2. The van der Waals surface area contributed by atoms with Gasteiger partial charge in [-0.2, -0.15) is 0 Å². The van der Waals surface area contributed by atoms with E-state index in [1.807, 2.05) is 10.3 Å². The molecule has 1 aliphatic rings. The van der Waals surface area contributed by atoms with Crippen molar-refractivity contribution < 1.29 is 9.53 Å². The Bertz CT molecular complexity index is 398. The molecule has 18 heavy (non-hydrogen) atoms. The van der Waals surface area contributed by atoms with Gasteiger partial charge in [0.1, 0.15) is 11.6 Å². The van der Waals surface area contributed by atoms with Crippen LogP contribution >= 0.6 is 11.3 Å². The summed E-state index contributed by atoms with van der Waals surface area (Å²) in [6, 6.07) is 0.279. The summed E-state index contributed by atoms with van der Waals surface area (Å²) < 4.78 is 5.33. The van der Waals surface area contributed by atoms with Crippen LogP contribution in [0.15, 0.2) is 11.6 Å². The third-order valence-electron chi connectivity index (χ3n) is 3.29. The third-order valence-corrected chi connectivity index (χ3v) is 4.04. The molecule has 0 saturated carbocycles. The van der Waals surface area contributed by atoms with Crippen LogP contribution in [0.2, 0.25) is 0 Å². The number of rotatable bonds is 2. The van der Waals surface area contributed by atoms with Crippen molar-refractivity contribution >= 4 is 17.4 Å². The van der Waals surface area contributed by atoms with E-state index in [4.69, 9.17) is 4.74 Å². The molecule has 0 bridgehead atoms. The highest BCUT2D eigenvalue weighted by Gasteiger charge is 2.37. The monoisotopic (exact) mass is 268 g/mol. The molecule has 0 aliphatic carbocycles. The predicted molar refractivity (Wildman–Crippen MR) is 71.5 cm³/mol. The van der Waals surface area contributed by atoms with E-state index < -0.39 is 0 Å². The van der Waals surface area contributed by atoms with E-state index in [0.717, 1.165) is 24.4 Å². The topological polar surface area (TPSA) is 42.4 Å². The predicted octanol–water partition coefficient (Wildman–Crippen LogP) is 3.29. The molecule has 1 amide bonds. The molecule has 1 unspecified atom stereocenters. The largest absolute Gasteiger partial charge is 0.442 e. The number of hydrogen-bond acceptors (Lipinski definition) is 4. The van der Waals surface area contributed by atoms with E-state index >= 15 is 0 Å². The minimum atomic E-state index is -0.206. The lowest BCUT2D eigenvalue weighted by molar-refractivity contribution is 0.0701. The van der Waals surface area contributed by atoms with Gasteiger partial charge in [-0.05, 0) is 18.3 Å². The first-order chi connectivity index (χ1) is 8.48. The molecule has 100 valence electrons. The molecule has 5 heteroatoms. The summed E-state index contributed by atoms with van der Waals surface area (Å²) >= 11 is 1.51. The van der Waals surface area contributed by atoms with E-state index in [1.165, 1.54) is 11.3 Å². The smallest absolute Gasteiger partial charge is 0.410 e. The lowest BCUT2D eigenvalue weighted by atomic mass is 9.85. The van der Waals surface area contributed by atoms with E-state index in [1.54, 1.807) is 6.20 Å². The second-order valence-corrected chi connectivity index (χ2v) is 6.68. The standard InChI is InChI=1S/C13H20N2O2S/c1-13(2,3)10-5-4-7-15(10)12(16)17-9-11-14-6-8-18-11/h6,8,10H,4-5,7,9H2,1-3H3. The minimum Gasteiger partial charge on any atom is -0.442 e. The summed E-state index contributed by atoms with van der Waals surface area (Å²) in [5.74, 6) is 0. The molecule has 0 N–H and O–H groups in total. The van der Waals surface area contributed by atoms with Crippen molar-refractivity contribution in [3.8, 4) is 0 Å². The molecular formula is C13H20N2O2S. The summed E-state index contributed by atoms with van der Waals surface area (Å²) in [6.45, 7) is 7.60. The second-order valence-electron chi connectivity index (χ2n) is 5.70. The van der Waals surface area contributed by atoms with Crippen LogP contribution in [-0.2, 0) is 11.3 Å². The van der Waals surface area contributed by atoms with Crippen molar-refractivity contribution in [3.63, 3.8) is 0 Å². The number of hydrogen-bond donors (Lipinski definition) is 0. The Kier molecular flexibility index (Phi) is 3.90. The molecule has 0 aromatic carbocycles. The van der Waals surface area contributed by atoms with Crippen molar-refractivity contribution in [1.82, 2.24) is 9.88 Å². The maximum atomic E-state index is 12.1. The third kappa shape index (κ3) is 3.02. The van der Waals surface area contributed by atoms with Crippen molar-refractivity contribution in [3.05, 3.63) is 16.6 Å². The van der Waals surface area contributed by atoms with Crippen LogP contribution in [0.4, 0.5) is 4.79 Å². The van der Waals surface area contributed by atoms with Gasteiger partial charge in [0.25, 0.3) is 0 Å². The van der Waals surface area contributed by atoms with Gasteiger partial charge >= 0.3 is 6.09 Å². The van der Waals surface area contributed by atoms with Crippen molar-refractivity contribution in [2.45, 2.75) is 46.3 Å². The highest BCUT2D eigenvalue weighted by Crippen LogP contribution is 2.33. The number of ether oxygens (including phenoxy) is 1. The number of carbonyl (C=O) groups excluding carboxylic acids is 1. The zero-order valence-corrected chi connectivity index (χ0v) is 12.0. The second kappa shape index (κ2) is 5.26. The number of aromatic nitrogens is 1. The fourth-order valence-corrected chi connectivity index (χ4v) is 2.94. The average molecular weight is 268 g/mol. The van der Waals surface area contributed by atoms with Crippen LogP contribution in [0.1, 0.15) is 38.6 Å². The molecule has 0 radical (unpaired) electrons. The Morgan fingerprint density at radius 2 is 2.39 bits per heavy atom. The molecule has 1 fully saturated rings. The van der Waals surface area contributed by atoms with E-state index in [2.05, 4.69) is 25.8 Å². The van der Waals surface area contributed by atoms with Crippen LogP contribution in [0.5, 0.6) is 0 Å². The summed E-state index contributed by atoms with van der Waals surface area (Å²) in [6.07, 6.45) is 3.65. The Hall–Kier alpha value is -1.10. The lowest BCUT2D eigenvalue weighted by Crippen LogP contribution is -2.43. The molecule has 2 heterocycles. The van der Waals surface area contributed by atoms with Crippen LogP contribution < -0.4 is 0 Å². The summed E-state index contributed by atoms with van der Waals surface area (Å²) in [5.41, 5.74) is 0.108. The quantitative estimate of drug-likeness (QED) is 0.826. The Labute approximate surface area is 112 Å². The van der Waals surface area contributed by atoms with Crippen molar-refractivity contribution in [2.24, 2.45) is 5.41 Å². The highest BCUT2D eigenvalue weighted by atomic mass is 32.1. The Morgan fingerprint density at radius 1 is 1.61 bits per heavy atom. The van der Waals surface area contributed by atoms with Gasteiger partial charge in [0, 0.05) is 24.2 Å². The first-order valence-corrected chi connectivity index (χ1v) is 7.18. The number of likely N-dealkylation sites (tertiary alicyclic amines) is 1. The molecule has 1 aromatic rings. The highest BCUT2D eigenvalue weighted by molar-refractivity contribution is 7.09. The van der Waals surface area contributed by atoms with E-state index in [-0.39, 0.29) is 24.2 Å². The first kappa shape index (κ1) is 13.3. The molecular weight excluding hydrogens is 248 g/mol. The summed E-state index contributed by atoms with van der Waals surface area (Å²) in [4.78, 5) is 18.1. The van der Waals surface area contributed by atoms with Crippen LogP contribution in [0.3, 0.4) is 0 Å². The Morgan fingerprint density at radius 3 is 3.00 bits per heavy atom. The van der Waals surface area contributed by atoms with Crippen molar-refractivity contribution in [2.75, 3.05) is 6.54 Å². The summed E-state index contributed by atoms with van der Waals surface area (Å²) in [7, 11) is 0. The normalized spacial score (nSPS) is 20.2. The van der Waals surface area contributed by atoms with Crippen LogP contribution in [0.25, 0.3) is 0 Å². The van der Waals surface area contributed by atoms with Gasteiger partial charge in [-0.25, -0.2) is 9.78 Å². The van der Waals surface area contributed by atoms with Gasteiger partial charge in [0.2, 0.25) is 0 Å². The number of thiazole rings is 1.